The molecule has 1 amide bonds. The second-order valence-electron chi connectivity index (χ2n) is 7.04. The van der Waals surface area contributed by atoms with E-state index in [2.05, 4.69) is 5.32 Å². The molecule has 3 heterocycles. The lowest BCUT2D eigenvalue weighted by Crippen LogP contribution is -2.54. The monoisotopic (exact) mass is 374 g/mol. The molecule has 25 heavy (non-hydrogen) atoms. The van der Waals surface area contributed by atoms with Gasteiger partial charge in [0.2, 0.25) is 0 Å². The molecule has 1 aromatic carbocycles. The number of alkyl halides is 3. The van der Waals surface area contributed by atoms with Crippen LogP contribution in [-0.2, 0) is 22.1 Å². The molecule has 4 nitrogen and oxygen atoms in total. The van der Waals surface area contributed by atoms with Crippen LogP contribution >= 0.6 is 11.6 Å². The highest BCUT2D eigenvalue weighted by molar-refractivity contribution is 6.31. The summed E-state index contributed by atoms with van der Waals surface area (Å²) in [4.78, 5) is 14.8. The maximum Gasteiger partial charge on any atom is 0.416 e. The lowest BCUT2D eigenvalue weighted by atomic mass is 9.89. The summed E-state index contributed by atoms with van der Waals surface area (Å²) < 4.78 is 44.7. The van der Waals surface area contributed by atoms with E-state index < -0.39 is 17.3 Å². The third-order valence-corrected chi connectivity index (χ3v) is 5.83. The first-order valence-corrected chi connectivity index (χ1v) is 8.67. The van der Waals surface area contributed by atoms with E-state index in [0.717, 1.165) is 12.1 Å². The Morgan fingerprint density at radius 2 is 2.20 bits per heavy atom. The molecule has 1 unspecified atom stereocenters. The zero-order valence-electron chi connectivity index (χ0n) is 13.6. The van der Waals surface area contributed by atoms with Gasteiger partial charge >= 0.3 is 6.18 Å². The number of hydrogen-bond donors (Lipinski definition) is 1. The zero-order chi connectivity index (χ0) is 18.0. The Kier molecular flexibility index (Phi) is 3.83. The summed E-state index contributed by atoms with van der Waals surface area (Å²) in [5.41, 5.74) is -0.423. The molecular weight excluding hydrogens is 357 g/mol. The molecule has 0 aromatic heterocycles. The van der Waals surface area contributed by atoms with Crippen LogP contribution in [0, 0.1) is 0 Å². The predicted octanol–water partition coefficient (Wildman–Crippen LogP) is 2.94. The Hall–Kier alpha value is -1.31. The van der Waals surface area contributed by atoms with Crippen LogP contribution in [-0.4, -0.2) is 42.1 Å². The molecule has 0 radical (unpaired) electrons. The van der Waals surface area contributed by atoms with E-state index in [1.165, 1.54) is 0 Å². The van der Waals surface area contributed by atoms with Crippen molar-refractivity contribution in [3.63, 3.8) is 0 Å². The molecule has 2 fully saturated rings. The van der Waals surface area contributed by atoms with Gasteiger partial charge in [0.1, 0.15) is 0 Å². The fourth-order valence-corrected chi connectivity index (χ4v) is 4.60. The fourth-order valence-electron chi connectivity index (χ4n) is 4.21. The zero-order valence-corrected chi connectivity index (χ0v) is 14.4. The van der Waals surface area contributed by atoms with Gasteiger partial charge in [-0.3, -0.25) is 4.79 Å². The van der Waals surface area contributed by atoms with Gasteiger partial charge < -0.3 is 15.0 Å². The first kappa shape index (κ1) is 17.1. The number of rotatable bonds is 1. The Morgan fingerprint density at radius 3 is 2.76 bits per heavy atom. The van der Waals surface area contributed by atoms with E-state index >= 15 is 0 Å². The molecule has 3 aliphatic heterocycles. The molecule has 8 heteroatoms. The summed E-state index contributed by atoms with van der Waals surface area (Å²) in [6.07, 6.45) is -3.44. The standard InChI is InChI=1S/C17H18ClF3N2O2/c1-9-14-10(4-11(5-13(14)18)17(19,20)21)2-3-23(9)15(24)16-6-12(7-25-16)22-8-16/h4-5,9,12,22H,2-3,6-8H2,1H3/t9?,12-,16-/m0/s1. The van der Waals surface area contributed by atoms with Crippen molar-refractivity contribution in [2.75, 3.05) is 19.7 Å². The van der Waals surface area contributed by atoms with Gasteiger partial charge in [0.05, 0.1) is 18.2 Å². The molecule has 0 saturated carbocycles. The van der Waals surface area contributed by atoms with E-state index in [-0.39, 0.29) is 23.0 Å². The highest BCUT2D eigenvalue weighted by Gasteiger charge is 2.54. The summed E-state index contributed by atoms with van der Waals surface area (Å²) >= 11 is 6.17. The maximum absolute atomic E-state index is 13.1. The minimum Gasteiger partial charge on any atom is -0.362 e. The molecule has 1 N–H and O–H groups in total. The molecule has 136 valence electrons. The van der Waals surface area contributed by atoms with Crippen molar-refractivity contribution in [2.45, 2.75) is 43.6 Å². The number of amides is 1. The van der Waals surface area contributed by atoms with E-state index in [1.54, 1.807) is 11.8 Å². The van der Waals surface area contributed by atoms with Crippen LogP contribution < -0.4 is 5.32 Å². The number of hydrogen-bond acceptors (Lipinski definition) is 3. The highest BCUT2D eigenvalue weighted by atomic mass is 35.5. The summed E-state index contributed by atoms with van der Waals surface area (Å²) in [6.45, 7) is 3.16. The number of morpholine rings is 1. The van der Waals surface area contributed by atoms with Gasteiger partial charge in [-0.25, -0.2) is 0 Å². The SMILES string of the molecule is CC1c2c(Cl)cc(C(F)(F)F)cc2CCN1C(=O)[C@]12CN[C@H](CO1)C2. The average Bonchev–Trinajstić information content (AvgIpc) is 3.15. The number of carbonyl (C=O) groups excluding carboxylic acids is 1. The maximum atomic E-state index is 13.1. The summed E-state index contributed by atoms with van der Waals surface area (Å²) in [6, 6.07) is 1.91. The van der Waals surface area contributed by atoms with Gasteiger partial charge in [-0.05, 0) is 36.6 Å². The number of ether oxygens (including phenoxy) is 1. The van der Waals surface area contributed by atoms with Crippen molar-refractivity contribution in [1.29, 1.82) is 0 Å². The first-order valence-electron chi connectivity index (χ1n) is 8.29. The van der Waals surface area contributed by atoms with Gasteiger partial charge in [-0.15, -0.1) is 0 Å². The van der Waals surface area contributed by atoms with Gasteiger partial charge in [0, 0.05) is 30.6 Å². The molecule has 2 saturated heterocycles. The Bertz CT molecular complexity index is 729. The quantitative estimate of drug-likeness (QED) is 0.821. The average molecular weight is 375 g/mol. The van der Waals surface area contributed by atoms with Crippen LogP contribution in [0.3, 0.4) is 0 Å². The van der Waals surface area contributed by atoms with Crippen LogP contribution in [0.2, 0.25) is 5.02 Å². The minimum atomic E-state index is -4.43. The van der Waals surface area contributed by atoms with Crippen LogP contribution in [0.5, 0.6) is 0 Å². The highest BCUT2D eigenvalue weighted by Crippen LogP contribution is 2.42. The van der Waals surface area contributed by atoms with Crippen LogP contribution in [0.4, 0.5) is 13.2 Å². The molecule has 3 aliphatic rings. The number of fused-ring (bicyclic) bond motifs is 3. The first-order chi connectivity index (χ1) is 11.7. The van der Waals surface area contributed by atoms with Crippen molar-refractivity contribution in [3.8, 4) is 0 Å². The van der Waals surface area contributed by atoms with Crippen molar-refractivity contribution < 1.29 is 22.7 Å². The molecule has 0 aliphatic carbocycles. The molecule has 2 bridgehead atoms. The Morgan fingerprint density at radius 1 is 1.44 bits per heavy atom. The third-order valence-electron chi connectivity index (χ3n) is 5.51. The van der Waals surface area contributed by atoms with E-state index in [4.69, 9.17) is 16.3 Å². The lowest BCUT2D eigenvalue weighted by molar-refractivity contribution is -0.155. The normalized spacial score (nSPS) is 31.3. The number of nitrogens with zero attached hydrogens (tertiary/aromatic N) is 1. The van der Waals surface area contributed by atoms with E-state index in [1.807, 2.05) is 0 Å². The van der Waals surface area contributed by atoms with Crippen molar-refractivity contribution >= 4 is 17.5 Å². The smallest absolute Gasteiger partial charge is 0.362 e. The molecule has 0 spiro atoms. The van der Waals surface area contributed by atoms with Gasteiger partial charge in [0.25, 0.3) is 5.91 Å². The van der Waals surface area contributed by atoms with Gasteiger partial charge in [0.15, 0.2) is 5.60 Å². The molecular formula is C17H18ClF3N2O2. The summed E-state index contributed by atoms with van der Waals surface area (Å²) in [5, 5.41) is 3.32. The minimum absolute atomic E-state index is 0.0575. The topological polar surface area (TPSA) is 41.6 Å². The molecule has 1 aromatic rings. The van der Waals surface area contributed by atoms with E-state index in [0.29, 0.717) is 43.7 Å². The summed E-state index contributed by atoms with van der Waals surface area (Å²) in [5.74, 6) is -0.103. The number of benzene rings is 1. The molecule has 4 rings (SSSR count). The summed E-state index contributed by atoms with van der Waals surface area (Å²) in [7, 11) is 0. The number of halogens is 4. The largest absolute Gasteiger partial charge is 0.416 e. The van der Waals surface area contributed by atoms with Crippen molar-refractivity contribution in [2.24, 2.45) is 0 Å². The van der Waals surface area contributed by atoms with Crippen LogP contribution in [0.15, 0.2) is 12.1 Å². The van der Waals surface area contributed by atoms with Gasteiger partial charge in [-0.2, -0.15) is 13.2 Å². The third kappa shape index (κ3) is 2.64. The fraction of sp³-hybridized carbons (Fsp3) is 0.588. The molecule has 3 atom stereocenters. The van der Waals surface area contributed by atoms with Crippen molar-refractivity contribution in [1.82, 2.24) is 10.2 Å². The number of carbonyl (C=O) groups is 1. The second-order valence-corrected chi connectivity index (χ2v) is 7.45. The van der Waals surface area contributed by atoms with Crippen LogP contribution in [0.25, 0.3) is 0 Å². The predicted molar refractivity (Wildman–Crippen MR) is 85.4 cm³/mol. The Balaban J connectivity index is 1.65. The Labute approximate surface area is 148 Å². The van der Waals surface area contributed by atoms with Crippen molar-refractivity contribution in [3.05, 3.63) is 33.8 Å². The second kappa shape index (κ2) is 5.59. The van der Waals surface area contributed by atoms with Gasteiger partial charge in [-0.1, -0.05) is 11.6 Å². The van der Waals surface area contributed by atoms with E-state index in [9.17, 15) is 18.0 Å². The van der Waals surface area contributed by atoms with Crippen LogP contribution in [0.1, 0.15) is 36.1 Å². The lowest BCUT2D eigenvalue weighted by Gasteiger charge is -2.40. The number of nitrogens with one attached hydrogen (secondary N) is 1.